The molecule has 0 aliphatic rings. The van der Waals surface area contributed by atoms with Gasteiger partial charge >= 0.3 is 29.6 Å². The molecule has 2 nitrogen and oxygen atoms in total. The van der Waals surface area contributed by atoms with Crippen molar-refractivity contribution in [3.63, 3.8) is 0 Å². The van der Waals surface area contributed by atoms with Crippen LogP contribution in [-0.4, -0.2) is 5.97 Å². The zero-order valence-electron chi connectivity index (χ0n) is 6.61. The van der Waals surface area contributed by atoms with Crippen LogP contribution in [0.5, 0.6) is 0 Å². The molecular weight excluding hydrogens is 213 g/mol. The summed E-state index contributed by atoms with van der Waals surface area (Å²) in [5.41, 5.74) is -0.948. The van der Waals surface area contributed by atoms with Gasteiger partial charge in [-0.3, -0.25) is 0 Å². The number of hydrogen-bond acceptors (Lipinski definition) is 2. The molecule has 6 heteroatoms. The van der Waals surface area contributed by atoms with Crippen LogP contribution in [0.15, 0.2) is 12.1 Å². The Balaban J connectivity index is 0.00000144. The molecule has 1 aromatic carbocycles. The number of hydrogen-bond donors (Lipinski definition) is 0. The van der Waals surface area contributed by atoms with E-state index in [4.69, 9.17) is 11.6 Å². The number of carboxylic acids is 1. The Morgan fingerprint density at radius 1 is 1.38 bits per heavy atom. The van der Waals surface area contributed by atoms with Gasteiger partial charge in [-0.15, -0.1) is 0 Å². The number of carbonyl (C=O) groups is 1. The standard InChI is InChI=1S/C7H3ClF2O2.Na/c8-3-1-2-4(9)6(10)5(3)7(11)12;/h1-2H,(H,11,12);/q;+1/p-1. The fourth-order valence-electron chi connectivity index (χ4n) is 0.714. The van der Waals surface area contributed by atoms with Crippen LogP contribution in [-0.2, 0) is 0 Å². The number of benzene rings is 1. The number of rotatable bonds is 1. The van der Waals surface area contributed by atoms with Crippen molar-refractivity contribution in [2.24, 2.45) is 0 Å². The molecule has 0 aliphatic carbocycles. The van der Waals surface area contributed by atoms with E-state index in [9.17, 15) is 18.7 Å². The predicted octanol–water partition coefficient (Wildman–Crippen LogP) is -2.01. The number of aromatic carboxylic acids is 1. The van der Waals surface area contributed by atoms with E-state index in [0.29, 0.717) is 0 Å². The molecular formula is C7H2ClF2NaO2. The fraction of sp³-hybridized carbons (Fsp3) is 0. The van der Waals surface area contributed by atoms with E-state index < -0.39 is 23.2 Å². The van der Waals surface area contributed by atoms with Crippen molar-refractivity contribution in [3.8, 4) is 0 Å². The topological polar surface area (TPSA) is 40.1 Å². The normalized spacial score (nSPS) is 9.15. The van der Waals surface area contributed by atoms with Crippen molar-refractivity contribution >= 4 is 17.6 Å². The third-order valence-corrected chi connectivity index (χ3v) is 1.56. The first-order chi connectivity index (χ1) is 5.54. The first-order valence-corrected chi connectivity index (χ1v) is 3.26. The van der Waals surface area contributed by atoms with Crippen LogP contribution in [0, 0.1) is 11.6 Å². The summed E-state index contributed by atoms with van der Waals surface area (Å²) in [6.45, 7) is 0. The second kappa shape index (κ2) is 4.91. The smallest absolute Gasteiger partial charge is 0.545 e. The Labute approximate surface area is 99.8 Å². The van der Waals surface area contributed by atoms with E-state index in [2.05, 4.69) is 0 Å². The number of halogens is 3. The molecule has 0 N–H and O–H groups in total. The monoisotopic (exact) mass is 214 g/mol. The number of carboxylic acid groups (broad SMARTS) is 1. The Kier molecular flexibility index (Phi) is 4.85. The zero-order chi connectivity index (χ0) is 9.30. The van der Waals surface area contributed by atoms with Crippen molar-refractivity contribution in [3.05, 3.63) is 34.4 Å². The Hall–Kier alpha value is -0.160. The van der Waals surface area contributed by atoms with Gasteiger partial charge in [-0.2, -0.15) is 0 Å². The molecule has 0 saturated heterocycles. The SMILES string of the molecule is O=C([O-])c1c(Cl)ccc(F)c1F.[Na+]. The van der Waals surface area contributed by atoms with Crippen molar-refractivity contribution in [2.45, 2.75) is 0 Å². The van der Waals surface area contributed by atoms with Crippen LogP contribution in [0.25, 0.3) is 0 Å². The molecule has 0 spiro atoms. The van der Waals surface area contributed by atoms with E-state index in [1.165, 1.54) is 0 Å². The molecule has 0 bridgehead atoms. The summed E-state index contributed by atoms with van der Waals surface area (Å²) in [6, 6.07) is 1.69. The molecule has 1 rings (SSSR count). The Bertz CT molecular complexity index is 344. The third-order valence-electron chi connectivity index (χ3n) is 1.25. The minimum absolute atomic E-state index is 0. The molecule has 0 atom stereocenters. The van der Waals surface area contributed by atoms with Gasteiger partial charge in [0.05, 0.1) is 16.6 Å². The van der Waals surface area contributed by atoms with Crippen LogP contribution in [0.1, 0.15) is 10.4 Å². The maximum Gasteiger partial charge on any atom is 1.00 e. The van der Waals surface area contributed by atoms with E-state index in [1.807, 2.05) is 0 Å². The van der Waals surface area contributed by atoms with Gasteiger partial charge in [0, 0.05) is 0 Å². The van der Waals surface area contributed by atoms with Gasteiger partial charge in [-0.25, -0.2) is 8.78 Å². The van der Waals surface area contributed by atoms with Gasteiger partial charge in [0.25, 0.3) is 0 Å². The summed E-state index contributed by atoms with van der Waals surface area (Å²) < 4.78 is 25.0. The maximum absolute atomic E-state index is 12.6. The summed E-state index contributed by atoms with van der Waals surface area (Å²) >= 11 is 5.27. The first-order valence-electron chi connectivity index (χ1n) is 2.89. The zero-order valence-corrected chi connectivity index (χ0v) is 9.36. The quantitative estimate of drug-likeness (QED) is 0.400. The molecule has 1 aromatic rings. The van der Waals surface area contributed by atoms with E-state index >= 15 is 0 Å². The van der Waals surface area contributed by atoms with Crippen LogP contribution >= 0.6 is 11.6 Å². The van der Waals surface area contributed by atoms with Gasteiger partial charge in [-0.05, 0) is 12.1 Å². The van der Waals surface area contributed by atoms with Crippen LogP contribution < -0.4 is 34.7 Å². The van der Waals surface area contributed by atoms with Gasteiger partial charge in [0.15, 0.2) is 11.6 Å². The second-order valence-electron chi connectivity index (χ2n) is 2.01. The molecule has 0 aromatic heterocycles. The Morgan fingerprint density at radius 2 is 1.92 bits per heavy atom. The van der Waals surface area contributed by atoms with Crippen LogP contribution in [0.3, 0.4) is 0 Å². The van der Waals surface area contributed by atoms with Crippen molar-refractivity contribution < 1.29 is 48.2 Å². The molecule has 0 radical (unpaired) electrons. The summed E-state index contributed by atoms with van der Waals surface area (Å²) in [6.07, 6.45) is 0. The molecule has 0 saturated carbocycles. The predicted molar refractivity (Wildman–Crippen MR) is 35.7 cm³/mol. The summed E-state index contributed by atoms with van der Waals surface area (Å²) in [5, 5.41) is 9.81. The van der Waals surface area contributed by atoms with Gasteiger partial charge in [0.1, 0.15) is 0 Å². The van der Waals surface area contributed by atoms with Gasteiger partial charge < -0.3 is 9.90 Å². The maximum atomic E-state index is 12.6. The van der Waals surface area contributed by atoms with Crippen molar-refractivity contribution in [1.82, 2.24) is 0 Å². The summed E-state index contributed by atoms with van der Waals surface area (Å²) in [4.78, 5) is 10.2. The van der Waals surface area contributed by atoms with Crippen molar-refractivity contribution in [1.29, 1.82) is 0 Å². The van der Waals surface area contributed by atoms with Gasteiger partial charge in [-0.1, -0.05) is 11.6 Å². The molecule has 0 amide bonds. The minimum atomic E-state index is -1.84. The van der Waals surface area contributed by atoms with Gasteiger partial charge in [0.2, 0.25) is 0 Å². The minimum Gasteiger partial charge on any atom is -0.545 e. The van der Waals surface area contributed by atoms with Crippen molar-refractivity contribution in [2.75, 3.05) is 0 Å². The molecule has 0 fully saturated rings. The summed E-state index contributed by atoms with van der Waals surface area (Å²) in [7, 11) is 0. The molecule has 0 unspecified atom stereocenters. The molecule has 13 heavy (non-hydrogen) atoms. The second-order valence-corrected chi connectivity index (χ2v) is 2.41. The van der Waals surface area contributed by atoms with E-state index in [-0.39, 0.29) is 34.6 Å². The summed E-state index contributed by atoms with van der Waals surface area (Å²) in [5.74, 6) is -4.60. The first kappa shape index (κ1) is 12.8. The van der Waals surface area contributed by atoms with E-state index in [1.54, 1.807) is 0 Å². The fourth-order valence-corrected chi connectivity index (χ4v) is 0.937. The average Bonchev–Trinajstić information content (AvgIpc) is 1.97. The third kappa shape index (κ3) is 2.64. The van der Waals surface area contributed by atoms with Crippen LogP contribution in [0.4, 0.5) is 8.78 Å². The molecule has 0 heterocycles. The number of carbonyl (C=O) groups excluding carboxylic acids is 1. The van der Waals surface area contributed by atoms with E-state index in [0.717, 1.165) is 12.1 Å². The molecule has 0 aliphatic heterocycles. The van der Waals surface area contributed by atoms with Crippen LogP contribution in [0.2, 0.25) is 5.02 Å². The molecule has 64 valence electrons. The largest absolute Gasteiger partial charge is 1.00 e. The Morgan fingerprint density at radius 3 is 2.31 bits per heavy atom. The average molecular weight is 215 g/mol.